The van der Waals surface area contributed by atoms with Crippen molar-refractivity contribution in [3.8, 4) is 0 Å². The molecule has 0 spiro atoms. The highest BCUT2D eigenvalue weighted by Crippen LogP contribution is 2.66. The topological polar surface area (TPSA) is 0 Å². The Morgan fingerprint density at radius 2 is 2.00 bits per heavy atom. The summed E-state index contributed by atoms with van der Waals surface area (Å²) in [7, 11) is 0.460. The molecule has 0 bridgehead atoms. The zero-order chi connectivity index (χ0) is 3.70. The van der Waals surface area contributed by atoms with Gasteiger partial charge >= 0.3 is 0 Å². The molecule has 1 rings (SSSR count). The maximum absolute atomic E-state index is 4.90. The van der Waals surface area contributed by atoms with Gasteiger partial charge in [-0.25, -0.2) is 0 Å². The molecule has 5 heteroatoms. The fourth-order valence-electron chi connectivity index (χ4n) is 0.0757. The molecule has 1 saturated heterocycles. The van der Waals surface area contributed by atoms with Crippen LogP contribution in [0.15, 0.2) is 0 Å². The standard InChI is InChI=1S/H2P2S3/c3-5-1-4-2-5/h1-2H. The molecular weight excluding hydrogens is 158 g/mol. The molecule has 1 heterocycles. The van der Waals surface area contributed by atoms with Crippen LogP contribution in [0.1, 0.15) is 0 Å². The van der Waals surface area contributed by atoms with Crippen molar-refractivity contribution in [2.75, 3.05) is 0 Å². The maximum atomic E-state index is 4.90. The molecule has 0 aromatic carbocycles. The van der Waals surface area contributed by atoms with Gasteiger partial charge < -0.3 is 0 Å². The van der Waals surface area contributed by atoms with E-state index in [4.69, 9.17) is 11.2 Å². The van der Waals surface area contributed by atoms with Crippen LogP contribution in [0.5, 0.6) is 0 Å². The van der Waals surface area contributed by atoms with E-state index in [0.717, 1.165) is 14.0 Å². The summed E-state index contributed by atoms with van der Waals surface area (Å²) >= 11 is 6.91. The summed E-state index contributed by atoms with van der Waals surface area (Å²) in [6, 6.07) is 0. The summed E-state index contributed by atoms with van der Waals surface area (Å²) in [6.45, 7) is 2.13. The van der Waals surface area contributed by atoms with Crippen molar-refractivity contribution in [3.63, 3.8) is 0 Å². The fraction of sp³-hybridized carbons (Fsp3) is 0. The highest BCUT2D eigenvalue weighted by atomic mass is 33.7. The second-order valence-electron chi connectivity index (χ2n) is 0.537. The van der Waals surface area contributed by atoms with Crippen molar-refractivity contribution in [3.05, 3.63) is 0 Å². The molecule has 1 aliphatic rings. The number of hydrogen-bond acceptors (Lipinski definition) is 2. The van der Waals surface area contributed by atoms with Crippen LogP contribution in [-0.4, -0.2) is 0 Å². The predicted molar refractivity (Wildman–Crippen MR) is 39.0 cm³/mol. The van der Waals surface area contributed by atoms with Crippen molar-refractivity contribution in [2.24, 2.45) is 0 Å². The Kier molecular flexibility index (Phi) is 2.15. The average molecular weight is 160 g/mol. The minimum absolute atomic E-state index is 0.460. The van der Waals surface area contributed by atoms with Gasteiger partial charge in [-0.15, -0.1) is 0 Å². The van der Waals surface area contributed by atoms with E-state index in [9.17, 15) is 0 Å². The summed E-state index contributed by atoms with van der Waals surface area (Å²) < 4.78 is 0. The third-order valence-corrected chi connectivity index (χ3v) is 19.0. The third-order valence-electron chi connectivity index (χ3n) is 0.235. The molecule has 5 heavy (non-hydrogen) atoms. The SMILES string of the molecule is S=S1PSP1. The van der Waals surface area contributed by atoms with Gasteiger partial charge in [-0.2, -0.15) is 0 Å². The minimum atomic E-state index is 0.460. The molecule has 0 nitrogen and oxygen atoms in total. The molecule has 0 aliphatic carbocycles. The van der Waals surface area contributed by atoms with E-state index < -0.39 is 0 Å². The van der Waals surface area contributed by atoms with E-state index in [1.54, 1.807) is 0 Å². The highest BCUT2D eigenvalue weighted by molar-refractivity contribution is 9.29. The monoisotopic (exact) mass is 160 g/mol. The quantitative estimate of drug-likeness (QED) is 0.496. The van der Waals surface area contributed by atoms with Gasteiger partial charge in [0.05, 0.1) is 0 Å². The van der Waals surface area contributed by atoms with Gasteiger partial charge in [-0.1, -0.05) is 19.7 Å². The van der Waals surface area contributed by atoms with Gasteiger partial charge in [0.1, 0.15) is 0 Å². The lowest BCUT2D eigenvalue weighted by Crippen LogP contribution is -1.59. The lowest BCUT2D eigenvalue weighted by molar-refractivity contribution is 5.12. The maximum Gasteiger partial charge on any atom is 0.0134 e. The molecule has 2 unspecified atom stereocenters. The first-order valence-electron chi connectivity index (χ1n) is 0.983. The Labute approximate surface area is 45.0 Å². The van der Waals surface area contributed by atoms with Crippen molar-refractivity contribution in [1.29, 1.82) is 0 Å². The first-order valence-corrected chi connectivity index (χ1v) is 8.85. The van der Waals surface area contributed by atoms with Gasteiger partial charge in [0.25, 0.3) is 0 Å². The van der Waals surface area contributed by atoms with Crippen molar-refractivity contribution >= 4 is 44.9 Å². The van der Waals surface area contributed by atoms with Gasteiger partial charge in [-0.05, 0) is 11.2 Å². The highest BCUT2D eigenvalue weighted by Gasteiger charge is 2.04. The van der Waals surface area contributed by atoms with Crippen LogP contribution in [0.2, 0.25) is 0 Å². The molecule has 2 atom stereocenters. The van der Waals surface area contributed by atoms with E-state index in [1.807, 2.05) is 11.0 Å². The van der Waals surface area contributed by atoms with Crippen molar-refractivity contribution in [1.82, 2.24) is 0 Å². The molecule has 0 amide bonds. The Morgan fingerprint density at radius 1 is 1.60 bits per heavy atom. The Hall–Kier alpha value is 1.78. The first kappa shape index (κ1) is 4.93. The summed E-state index contributed by atoms with van der Waals surface area (Å²) in [5.41, 5.74) is 0. The molecule has 0 saturated carbocycles. The molecule has 1 fully saturated rings. The van der Waals surface area contributed by atoms with Gasteiger partial charge in [-0.3, -0.25) is 0 Å². The van der Waals surface area contributed by atoms with E-state index in [1.165, 1.54) is 0 Å². The third kappa shape index (κ3) is 1.36. The molecule has 30 valence electrons. The summed E-state index contributed by atoms with van der Waals surface area (Å²) in [6.07, 6.45) is 0. The van der Waals surface area contributed by atoms with Crippen LogP contribution in [0.3, 0.4) is 0 Å². The van der Waals surface area contributed by atoms with Crippen molar-refractivity contribution < 1.29 is 0 Å². The van der Waals surface area contributed by atoms with Crippen LogP contribution in [0.25, 0.3) is 0 Å². The molecular formula is H2P2S3. The molecule has 0 radical (unpaired) electrons. The largest absolute Gasteiger partial charge is 0.0897 e. The van der Waals surface area contributed by atoms with Crippen LogP contribution in [0.4, 0.5) is 0 Å². The van der Waals surface area contributed by atoms with E-state index in [-0.39, 0.29) is 0 Å². The minimum Gasteiger partial charge on any atom is -0.0897 e. The van der Waals surface area contributed by atoms with Gasteiger partial charge in [0, 0.05) is 14.0 Å². The van der Waals surface area contributed by atoms with E-state index >= 15 is 0 Å². The fourth-order valence-corrected chi connectivity index (χ4v) is 11.6. The second kappa shape index (κ2) is 2.18. The Morgan fingerprint density at radius 3 is 2.00 bits per heavy atom. The molecule has 0 aromatic rings. The molecule has 0 aromatic heterocycles. The van der Waals surface area contributed by atoms with Crippen LogP contribution >= 0.6 is 25.0 Å². The summed E-state index contributed by atoms with van der Waals surface area (Å²) in [5.74, 6) is 0. The zero-order valence-corrected chi connectivity index (χ0v) is 6.67. The summed E-state index contributed by atoms with van der Waals surface area (Å²) in [5, 5.41) is 0. The van der Waals surface area contributed by atoms with Crippen LogP contribution in [0, 0.1) is 0 Å². The van der Waals surface area contributed by atoms with Gasteiger partial charge in [0.2, 0.25) is 0 Å². The van der Waals surface area contributed by atoms with Gasteiger partial charge in [0.15, 0.2) is 0 Å². The van der Waals surface area contributed by atoms with Crippen LogP contribution in [-0.2, 0) is 19.9 Å². The molecule has 0 N–H and O–H groups in total. The zero-order valence-electron chi connectivity index (χ0n) is 2.22. The van der Waals surface area contributed by atoms with E-state index in [2.05, 4.69) is 0 Å². The van der Waals surface area contributed by atoms with Crippen molar-refractivity contribution in [2.45, 2.75) is 0 Å². The first-order chi connectivity index (χ1) is 2.39. The number of rotatable bonds is 0. The summed E-state index contributed by atoms with van der Waals surface area (Å²) in [4.78, 5) is 0. The average Bonchev–Trinajstić information content (AvgIpc) is 1.30. The lowest BCUT2D eigenvalue weighted by atomic mass is 29.4. The lowest BCUT2D eigenvalue weighted by Gasteiger charge is -2.10. The Balaban J connectivity index is 2.32. The predicted octanol–water partition coefficient (Wildman–Crippen LogP) is 1.83. The smallest absolute Gasteiger partial charge is 0.0134 e. The van der Waals surface area contributed by atoms with E-state index in [0.29, 0.717) is 8.69 Å². The molecule has 1 aliphatic heterocycles. The number of hydrogen-bond donors (Lipinski definition) is 0. The second-order valence-corrected chi connectivity index (χ2v) is 14.5. The normalized spacial score (nSPS) is 46.0. The van der Waals surface area contributed by atoms with Crippen LogP contribution < -0.4 is 0 Å². The Bertz CT molecular complexity index is 51.9.